The van der Waals surface area contributed by atoms with Crippen molar-refractivity contribution >= 4 is 11.8 Å². The minimum atomic E-state index is -0.818. The van der Waals surface area contributed by atoms with Crippen LogP contribution in [0.15, 0.2) is 36.4 Å². The van der Waals surface area contributed by atoms with E-state index in [2.05, 4.69) is 27.8 Å². The van der Waals surface area contributed by atoms with E-state index in [1.165, 1.54) is 0 Å². The number of unbranched alkanes of at least 4 members (excludes halogenated alkanes) is 1. The van der Waals surface area contributed by atoms with Gasteiger partial charge in [0, 0.05) is 12.1 Å². The second-order valence-electron chi connectivity index (χ2n) is 7.24. The Hall–Kier alpha value is -2.63. The summed E-state index contributed by atoms with van der Waals surface area (Å²) in [6, 6.07) is 11.4. The maximum absolute atomic E-state index is 12.8. The van der Waals surface area contributed by atoms with Gasteiger partial charge in [-0.05, 0) is 25.3 Å². The number of aromatic amines is 1. The van der Waals surface area contributed by atoms with Crippen LogP contribution in [-0.4, -0.2) is 34.1 Å². The molecule has 1 fully saturated rings. The minimum Gasteiger partial charge on any atom is -0.354 e. The first-order valence-corrected chi connectivity index (χ1v) is 9.86. The zero-order valence-electron chi connectivity index (χ0n) is 15.9. The lowest BCUT2D eigenvalue weighted by Gasteiger charge is -2.36. The second-order valence-corrected chi connectivity index (χ2v) is 7.24. The topological polar surface area (TPSA) is 86.9 Å². The summed E-state index contributed by atoms with van der Waals surface area (Å²) in [4.78, 5) is 25.7. The number of nitrogens with one attached hydrogen (secondary N) is 3. The molecule has 27 heavy (non-hydrogen) atoms. The molecule has 1 aliphatic rings. The third kappa shape index (κ3) is 4.56. The van der Waals surface area contributed by atoms with Crippen LogP contribution in [0.2, 0.25) is 0 Å². The molecule has 0 spiro atoms. The monoisotopic (exact) mass is 368 g/mol. The van der Waals surface area contributed by atoms with Crippen LogP contribution >= 0.6 is 0 Å². The molecule has 3 rings (SSSR count). The molecule has 1 aromatic heterocycles. The van der Waals surface area contributed by atoms with Crippen LogP contribution in [-0.2, 0) is 4.79 Å². The lowest BCUT2D eigenvalue weighted by atomic mass is 9.80. The van der Waals surface area contributed by atoms with Gasteiger partial charge in [0.1, 0.15) is 11.2 Å². The van der Waals surface area contributed by atoms with E-state index in [0.717, 1.165) is 37.7 Å². The summed E-state index contributed by atoms with van der Waals surface area (Å²) in [6.45, 7) is 2.74. The van der Waals surface area contributed by atoms with Gasteiger partial charge in [0.25, 0.3) is 5.91 Å². The van der Waals surface area contributed by atoms with Crippen LogP contribution in [0.5, 0.6) is 0 Å². The zero-order chi connectivity index (χ0) is 19.1. The molecule has 1 heterocycles. The Morgan fingerprint density at radius 2 is 1.89 bits per heavy atom. The van der Waals surface area contributed by atoms with E-state index in [9.17, 15) is 9.59 Å². The van der Waals surface area contributed by atoms with Gasteiger partial charge in [-0.1, -0.05) is 62.9 Å². The molecule has 6 nitrogen and oxygen atoms in total. The third-order valence-corrected chi connectivity index (χ3v) is 5.20. The summed E-state index contributed by atoms with van der Waals surface area (Å²) in [5, 5.41) is 13.1. The van der Waals surface area contributed by atoms with Crippen molar-refractivity contribution in [3.63, 3.8) is 0 Å². The molecule has 0 saturated heterocycles. The molecule has 1 aromatic carbocycles. The molecule has 1 aliphatic carbocycles. The molecule has 0 aliphatic heterocycles. The van der Waals surface area contributed by atoms with Gasteiger partial charge in [-0.15, -0.1) is 0 Å². The molecular weight excluding hydrogens is 340 g/mol. The van der Waals surface area contributed by atoms with Crippen LogP contribution < -0.4 is 10.6 Å². The Bertz CT molecular complexity index is 763. The van der Waals surface area contributed by atoms with Crippen molar-refractivity contribution in [2.75, 3.05) is 6.54 Å². The molecule has 0 unspecified atom stereocenters. The second kappa shape index (κ2) is 8.84. The maximum Gasteiger partial charge on any atom is 0.270 e. The number of benzene rings is 1. The van der Waals surface area contributed by atoms with Gasteiger partial charge in [-0.3, -0.25) is 14.7 Å². The number of hydrogen-bond acceptors (Lipinski definition) is 3. The smallest absolute Gasteiger partial charge is 0.270 e. The summed E-state index contributed by atoms with van der Waals surface area (Å²) < 4.78 is 0. The minimum absolute atomic E-state index is 0.0631. The Balaban J connectivity index is 1.73. The average molecular weight is 368 g/mol. The molecule has 144 valence electrons. The number of rotatable bonds is 7. The van der Waals surface area contributed by atoms with Crippen LogP contribution in [0.4, 0.5) is 0 Å². The first-order valence-electron chi connectivity index (χ1n) is 9.86. The van der Waals surface area contributed by atoms with Crippen molar-refractivity contribution in [1.82, 2.24) is 20.8 Å². The largest absolute Gasteiger partial charge is 0.354 e. The fourth-order valence-electron chi connectivity index (χ4n) is 3.59. The van der Waals surface area contributed by atoms with E-state index < -0.39 is 5.54 Å². The predicted octanol–water partition coefficient (Wildman–Crippen LogP) is 3.43. The number of aromatic nitrogens is 2. The van der Waals surface area contributed by atoms with E-state index in [1.54, 1.807) is 6.07 Å². The van der Waals surface area contributed by atoms with Crippen molar-refractivity contribution in [2.45, 2.75) is 57.4 Å². The van der Waals surface area contributed by atoms with Gasteiger partial charge >= 0.3 is 0 Å². The van der Waals surface area contributed by atoms with Gasteiger partial charge < -0.3 is 10.6 Å². The summed E-state index contributed by atoms with van der Waals surface area (Å²) in [6.07, 6.45) is 6.31. The van der Waals surface area contributed by atoms with Crippen LogP contribution in [0.3, 0.4) is 0 Å². The predicted molar refractivity (Wildman–Crippen MR) is 105 cm³/mol. The van der Waals surface area contributed by atoms with E-state index in [0.29, 0.717) is 30.8 Å². The van der Waals surface area contributed by atoms with E-state index >= 15 is 0 Å². The summed E-state index contributed by atoms with van der Waals surface area (Å²) in [5.41, 5.74) is 1.21. The Morgan fingerprint density at radius 1 is 1.15 bits per heavy atom. The standard InChI is InChI=1S/C21H28N4O2/c1-2-3-14-22-20(27)21(12-8-5-9-13-21)23-19(26)18-15-17(24-25-18)16-10-6-4-7-11-16/h4,6-7,10-11,15H,2-3,5,8-9,12-14H2,1H3,(H,22,27)(H,23,26)(H,24,25). The summed E-state index contributed by atoms with van der Waals surface area (Å²) in [7, 11) is 0. The van der Waals surface area contributed by atoms with E-state index in [1.807, 2.05) is 30.3 Å². The third-order valence-electron chi connectivity index (χ3n) is 5.20. The van der Waals surface area contributed by atoms with Gasteiger partial charge in [0.2, 0.25) is 5.91 Å². The molecule has 6 heteroatoms. The van der Waals surface area contributed by atoms with Crippen LogP contribution in [0.25, 0.3) is 11.3 Å². The van der Waals surface area contributed by atoms with Crippen LogP contribution in [0, 0.1) is 0 Å². The number of H-pyrrole nitrogens is 1. The number of carbonyl (C=O) groups is 2. The van der Waals surface area contributed by atoms with Gasteiger partial charge in [-0.2, -0.15) is 5.10 Å². The van der Waals surface area contributed by atoms with Gasteiger partial charge in [0.15, 0.2) is 0 Å². The number of nitrogens with zero attached hydrogens (tertiary/aromatic N) is 1. The van der Waals surface area contributed by atoms with E-state index in [-0.39, 0.29) is 11.8 Å². The fourth-order valence-corrected chi connectivity index (χ4v) is 3.59. The highest BCUT2D eigenvalue weighted by molar-refractivity contribution is 5.98. The number of hydrogen-bond donors (Lipinski definition) is 3. The van der Waals surface area contributed by atoms with Gasteiger partial charge in [-0.25, -0.2) is 0 Å². The number of amides is 2. The highest BCUT2D eigenvalue weighted by Crippen LogP contribution is 2.29. The molecule has 3 N–H and O–H groups in total. The molecule has 2 aromatic rings. The van der Waals surface area contributed by atoms with Crippen molar-refractivity contribution in [3.05, 3.63) is 42.1 Å². The lowest BCUT2D eigenvalue weighted by molar-refractivity contribution is -0.128. The molecule has 0 radical (unpaired) electrons. The maximum atomic E-state index is 12.8. The molecule has 0 bridgehead atoms. The zero-order valence-corrected chi connectivity index (χ0v) is 15.9. The fraction of sp³-hybridized carbons (Fsp3) is 0.476. The van der Waals surface area contributed by atoms with Crippen molar-refractivity contribution in [1.29, 1.82) is 0 Å². The average Bonchev–Trinajstić information content (AvgIpc) is 3.20. The Kier molecular flexibility index (Phi) is 6.27. The van der Waals surface area contributed by atoms with Crippen molar-refractivity contribution in [2.24, 2.45) is 0 Å². The van der Waals surface area contributed by atoms with Crippen molar-refractivity contribution < 1.29 is 9.59 Å². The highest BCUT2D eigenvalue weighted by Gasteiger charge is 2.41. The van der Waals surface area contributed by atoms with E-state index in [4.69, 9.17) is 0 Å². The number of carbonyl (C=O) groups excluding carboxylic acids is 2. The SMILES string of the molecule is CCCCNC(=O)C1(NC(=O)c2cc(-c3ccccc3)n[nH]2)CCCCC1. The summed E-state index contributed by atoms with van der Waals surface area (Å²) in [5.74, 6) is -0.343. The quantitative estimate of drug-likeness (QED) is 0.655. The molecular formula is C21H28N4O2. The Morgan fingerprint density at radius 3 is 2.59 bits per heavy atom. The molecule has 1 saturated carbocycles. The van der Waals surface area contributed by atoms with Crippen LogP contribution in [0.1, 0.15) is 62.4 Å². The van der Waals surface area contributed by atoms with Gasteiger partial charge in [0.05, 0.1) is 5.69 Å². The van der Waals surface area contributed by atoms with Crippen molar-refractivity contribution in [3.8, 4) is 11.3 Å². The molecule has 2 amide bonds. The summed E-state index contributed by atoms with van der Waals surface area (Å²) >= 11 is 0. The first-order chi connectivity index (χ1) is 13.1. The lowest BCUT2D eigenvalue weighted by Crippen LogP contribution is -2.59. The normalized spacial score (nSPS) is 15.9. The first kappa shape index (κ1) is 19.1. The Labute approximate surface area is 160 Å². The highest BCUT2D eigenvalue weighted by atomic mass is 16.2. The molecule has 0 atom stereocenters.